The lowest BCUT2D eigenvalue weighted by molar-refractivity contribution is -0.121. The molecule has 0 aliphatic carbocycles. The molecule has 0 unspecified atom stereocenters. The molecule has 1 aliphatic rings. The Labute approximate surface area is 191 Å². The number of para-hydroxylation sites is 1. The standard InChI is InChI=1S/C24H26N6O3/c1-32-14-16-6-5-7-18-20(16)27-24(26-19-8-3-4-13-25-23(19)31)30-22(18)28-21(29-30)15-9-11-17(33-2)12-10-15/h5-7,9-12,19H,3-4,8,13-14H2,1-2H3,(H,25,31)(H,26,27)/t19-/m1/s1. The number of hydrogen-bond donors (Lipinski definition) is 2. The summed E-state index contributed by atoms with van der Waals surface area (Å²) in [6.45, 7) is 1.11. The van der Waals surface area contributed by atoms with Crippen LogP contribution in [0.5, 0.6) is 5.75 Å². The van der Waals surface area contributed by atoms with E-state index < -0.39 is 0 Å². The highest BCUT2D eigenvalue weighted by Crippen LogP contribution is 2.28. The van der Waals surface area contributed by atoms with Crippen LogP contribution in [0.1, 0.15) is 24.8 Å². The second kappa shape index (κ2) is 9.03. The number of carbonyl (C=O) groups is 1. The van der Waals surface area contributed by atoms with Gasteiger partial charge < -0.3 is 20.1 Å². The van der Waals surface area contributed by atoms with Crippen molar-refractivity contribution in [3.8, 4) is 17.1 Å². The molecular weight excluding hydrogens is 420 g/mol. The van der Waals surface area contributed by atoms with E-state index in [0.29, 0.717) is 30.6 Å². The van der Waals surface area contributed by atoms with E-state index in [1.54, 1.807) is 18.7 Å². The number of nitrogens with one attached hydrogen (secondary N) is 2. The van der Waals surface area contributed by atoms with E-state index in [9.17, 15) is 4.79 Å². The third kappa shape index (κ3) is 4.07. The zero-order valence-corrected chi connectivity index (χ0v) is 18.7. The molecule has 9 heteroatoms. The predicted octanol–water partition coefficient (Wildman–Crippen LogP) is 3.18. The maximum absolute atomic E-state index is 12.6. The van der Waals surface area contributed by atoms with Gasteiger partial charge in [-0.1, -0.05) is 12.1 Å². The number of hydrogen-bond acceptors (Lipinski definition) is 7. The second-order valence-electron chi connectivity index (χ2n) is 8.06. The lowest BCUT2D eigenvalue weighted by Gasteiger charge is -2.17. The van der Waals surface area contributed by atoms with Crippen LogP contribution >= 0.6 is 0 Å². The van der Waals surface area contributed by atoms with Crippen molar-refractivity contribution in [2.75, 3.05) is 26.1 Å². The van der Waals surface area contributed by atoms with Crippen molar-refractivity contribution < 1.29 is 14.3 Å². The van der Waals surface area contributed by atoms with Crippen molar-refractivity contribution in [3.05, 3.63) is 48.0 Å². The van der Waals surface area contributed by atoms with E-state index in [2.05, 4.69) is 10.6 Å². The predicted molar refractivity (Wildman–Crippen MR) is 125 cm³/mol. The first kappa shape index (κ1) is 21.1. The van der Waals surface area contributed by atoms with Crippen LogP contribution in [-0.4, -0.2) is 52.3 Å². The topological polar surface area (TPSA) is 103 Å². The van der Waals surface area contributed by atoms with Crippen molar-refractivity contribution >= 4 is 28.4 Å². The van der Waals surface area contributed by atoms with E-state index in [-0.39, 0.29) is 11.9 Å². The molecule has 33 heavy (non-hydrogen) atoms. The van der Waals surface area contributed by atoms with Crippen LogP contribution in [0.4, 0.5) is 5.95 Å². The highest BCUT2D eigenvalue weighted by molar-refractivity contribution is 5.95. The first-order valence-corrected chi connectivity index (χ1v) is 11.0. The number of carbonyl (C=O) groups excluding carboxylic acids is 1. The normalized spacial score (nSPS) is 16.5. The summed E-state index contributed by atoms with van der Waals surface area (Å²) < 4.78 is 12.3. The maximum Gasteiger partial charge on any atom is 0.242 e. The third-order valence-corrected chi connectivity index (χ3v) is 5.87. The highest BCUT2D eigenvalue weighted by Gasteiger charge is 2.24. The largest absolute Gasteiger partial charge is 0.497 e. The van der Waals surface area contributed by atoms with Gasteiger partial charge in [0, 0.05) is 30.2 Å². The zero-order chi connectivity index (χ0) is 22.8. The monoisotopic (exact) mass is 446 g/mol. The van der Waals surface area contributed by atoms with Gasteiger partial charge in [-0.15, -0.1) is 5.10 Å². The lowest BCUT2D eigenvalue weighted by Crippen LogP contribution is -2.38. The Balaban J connectivity index is 1.67. The number of rotatable bonds is 6. The van der Waals surface area contributed by atoms with Gasteiger partial charge in [-0.2, -0.15) is 4.52 Å². The Morgan fingerprint density at radius 2 is 1.97 bits per heavy atom. The Morgan fingerprint density at radius 1 is 1.12 bits per heavy atom. The molecule has 0 bridgehead atoms. The number of ether oxygens (including phenoxy) is 2. The molecule has 0 radical (unpaired) electrons. The summed E-state index contributed by atoms with van der Waals surface area (Å²) in [5.41, 5.74) is 3.25. The molecule has 1 amide bonds. The van der Waals surface area contributed by atoms with Crippen molar-refractivity contribution in [1.82, 2.24) is 24.9 Å². The SMILES string of the molecule is COCc1cccc2c1nc(N[C@@H]1CCCCNC1=O)n1nc(-c3ccc(OC)cc3)nc21. The number of aromatic nitrogens is 4. The Morgan fingerprint density at radius 3 is 2.76 bits per heavy atom. The summed E-state index contributed by atoms with van der Waals surface area (Å²) in [7, 11) is 3.29. The molecule has 0 spiro atoms. The van der Waals surface area contributed by atoms with Gasteiger partial charge in [0.1, 0.15) is 11.8 Å². The summed E-state index contributed by atoms with van der Waals surface area (Å²) in [4.78, 5) is 22.3. The van der Waals surface area contributed by atoms with Crippen LogP contribution in [0, 0.1) is 0 Å². The van der Waals surface area contributed by atoms with Gasteiger partial charge in [0.25, 0.3) is 0 Å². The molecule has 9 nitrogen and oxygen atoms in total. The third-order valence-electron chi connectivity index (χ3n) is 5.87. The second-order valence-corrected chi connectivity index (χ2v) is 8.06. The number of benzene rings is 2. The Kier molecular flexibility index (Phi) is 5.78. The van der Waals surface area contributed by atoms with Crippen molar-refractivity contribution in [2.24, 2.45) is 0 Å². The van der Waals surface area contributed by atoms with Crippen molar-refractivity contribution in [1.29, 1.82) is 0 Å². The van der Waals surface area contributed by atoms with E-state index in [1.165, 1.54) is 0 Å². The average molecular weight is 447 g/mol. The molecule has 3 heterocycles. The number of amides is 1. The summed E-state index contributed by atoms with van der Waals surface area (Å²) in [6.07, 6.45) is 2.65. The Bertz CT molecular complexity index is 1300. The summed E-state index contributed by atoms with van der Waals surface area (Å²) in [5, 5.41) is 11.9. The molecule has 1 aliphatic heterocycles. The fraction of sp³-hybridized carbons (Fsp3) is 0.333. The molecule has 1 atom stereocenters. The van der Waals surface area contributed by atoms with Gasteiger partial charge in [-0.05, 0) is 49.6 Å². The summed E-state index contributed by atoms with van der Waals surface area (Å²) >= 11 is 0. The maximum atomic E-state index is 12.6. The Hall–Kier alpha value is -3.72. The molecule has 4 aromatic rings. The van der Waals surface area contributed by atoms with Crippen LogP contribution in [0.25, 0.3) is 27.9 Å². The van der Waals surface area contributed by atoms with Gasteiger partial charge in [-0.3, -0.25) is 4.79 Å². The minimum atomic E-state index is -0.385. The molecule has 2 N–H and O–H groups in total. The number of nitrogens with zero attached hydrogens (tertiary/aromatic N) is 4. The van der Waals surface area contributed by atoms with Crippen molar-refractivity contribution in [2.45, 2.75) is 31.9 Å². The molecular formula is C24H26N6O3. The number of fused-ring (bicyclic) bond motifs is 3. The van der Waals surface area contributed by atoms with Gasteiger partial charge in [0.2, 0.25) is 11.9 Å². The lowest BCUT2D eigenvalue weighted by atomic mass is 10.1. The molecule has 170 valence electrons. The molecule has 1 fully saturated rings. The first-order valence-electron chi connectivity index (χ1n) is 11.0. The highest BCUT2D eigenvalue weighted by atomic mass is 16.5. The zero-order valence-electron chi connectivity index (χ0n) is 18.7. The molecule has 5 rings (SSSR count). The summed E-state index contributed by atoms with van der Waals surface area (Å²) in [6, 6.07) is 13.1. The fourth-order valence-electron chi connectivity index (χ4n) is 4.15. The summed E-state index contributed by atoms with van der Waals surface area (Å²) in [5.74, 6) is 1.79. The molecule has 2 aromatic carbocycles. The fourth-order valence-corrected chi connectivity index (χ4v) is 4.15. The van der Waals surface area contributed by atoms with Crippen LogP contribution < -0.4 is 15.4 Å². The van der Waals surface area contributed by atoms with Gasteiger partial charge in [0.05, 0.1) is 19.2 Å². The minimum absolute atomic E-state index is 0.0248. The smallest absolute Gasteiger partial charge is 0.242 e. The van der Waals surface area contributed by atoms with E-state index in [4.69, 9.17) is 24.5 Å². The quantitative estimate of drug-likeness (QED) is 0.469. The van der Waals surface area contributed by atoms with E-state index >= 15 is 0 Å². The van der Waals surface area contributed by atoms with E-state index in [1.807, 2.05) is 42.5 Å². The molecule has 2 aromatic heterocycles. The van der Waals surface area contributed by atoms with Crippen LogP contribution in [-0.2, 0) is 16.1 Å². The van der Waals surface area contributed by atoms with Crippen molar-refractivity contribution in [3.63, 3.8) is 0 Å². The van der Waals surface area contributed by atoms with Crippen LogP contribution in [0.15, 0.2) is 42.5 Å². The van der Waals surface area contributed by atoms with E-state index in [0.717, 1.165) is 47.0 Å². The average Bonchev–Trinajstić information content (AvgIpc) is 3.20. The van der Waals surface area contributed by atoms with Gasteiger partial charge in [0.15, 0.2) is 11.5 Å². The van der Waals surface area contributed by atoms with Crippen LogP contribution in [0.3, 0.4) is 0 Å². The minimum Gasteiger partial charge on any atom is -0.497 e. The number of anilines is 1. The first-order chi connectivity index (χ1) is 16.2. The molecule has 0 saturated carbocycles. The molecule has 1 saturated heterocycles. The van der Waals surface area contributed by atoms with Gasteiger partial charge in [-0.25, -0.2) is 9.97 Å². The number of methoxy groups -OCH3 is 2. The van der Waals surface area contributed by atoms with Gasteiger partial charge >= 0.3 is 0 Å². The van der Waals surface area contributed by atoms with Crippen LogP contribution in [0.2, 0.25) is 0 Å².